The number of methoxy groups -OCH3 is 1. The number of ether oxygens (including phenoxy) is 1. The maximum Gasteiger partial charge on any atom is 0.326 e. The van der Waals surface area contributed by atoms with Gasteiger partial charge in [-0.25, -0.2) is 4.79 Å². The number of likely N-dealkylation sites (tertiary alicyclic amines) is 1. The summed E-state index contributed by atoms with van der Waals surface area (Å²) in [6.45, 7) is 4.49. The molecule has 1 aromatic rings. The van der Waals surface area contributed by atoms with Gasteiger partial charge in [-0.15, -0.1) is 0 Å². The number of aliphatic carboxylic acids is 1. The quantitative estimate of drug-likeness (QED) is 0.926. The van der Waals surface area contributed by atoms with Crippen molar-refractivity contribution in [1.82, 2.24) is 4.90 Å². The standard InChI is InChI=1S/C17H23NO4/c1-11-6-7-18(14(8-11)17(20)21)16(19)10-13-5-4-12(2)15(9-13)22-3/h4-5,9,11,14H,6-8,10H2,1-3H3,(H,20,21). The van der Waals surface area contributed by atoms with Gasteiger partial charge in [0.2, 0.25) is 5.91 Å². The lowest BCUT2D eigenvalue weighted by molar-refractivity contribution is -0.152. The van der Waals surface area contributed by atoms with Crippen LogP contribution in [0.5, 0.6) is 5.75 Å². The fourth-order valence-corrected chi connectivity index (χ4v) is 2.92. The number of aryl methyl sites for hydroxylation is 1. The predicted molar refractivity (Wildman–Crippen MR) is 83.0 cm³/mol. The Labute approximate surface area is 130 Å². The van der Waals surface area contributed by atoms with Crippen LogP contribution in [0.4, 0.5) is 0 Å². The van der Waals surface area contributed by atoms with Gasteiger partial charge in [0, 0.05) is 6.54 Å². The van der Waals surface area contributed by atoms with Gasteiger partial charge in [-0.1, -0.05) is 19.1 Å². The van der Waals surface area contributed by atoms with E-state index >= 15 is 0 Å². The van der Waals surface area contributed by atoms with Crippen LogP contribution in [0.15, 0.2) is 18.2 Å². The molecule has 1 heterocycles. The molecule has 0 bridgehead atoms. The fraction of sp³-hybridized carbons (Fsp3) is 0.529. The van der Waals surface area contributed by atoms with Gasteiger partial charge in [-0.3, -0.25) is 4.79 Å². The van der Waals surface area contributed by atoms with Crippen LogP contribution < -0.4 is 4.74 Å². The van der Waals surface area contributed by atoms with Crippen LogP contribution in [0.1, 0.15) is 30.9 Å². The molecule has 1 aromatic carbocycles. The molecule has 2 atom stereocenters. The number of piperidine rings is 1. The first-order valence-corrected chi connectivity index (χ1v) is 7.58. The molecule has 0 aliphatic carbocycles. The van der Waals surface area contributed by atoms with E-state index in [1.807, 2.05) is 32.0 Å². The average molecular weight is 305 g/mol. The Morgan fingerprint density at radius 3 is 2.77 bits per heavy atom. The molecule has 1 aliphatic rings. The number of carboxylic acid groups (broad SMARTS) is 1. The highest BCUT2D eigenvalue weighted by molar-refractivity contribution is 5.85. The van der Waals surface area contributed by atoms with Gasteiger partial charge in [0.25, 0.3) is 0 Å². The van der Waals surface area contributed by atoms with Gasteiger partial charge in [0.05, 0.1) is 13.5 Å². The highest BCUT2D eigenvalue weighted by Crippen LogP contribution is 2.24. The summed E-state index contributed by atoms with van der Waals surface area (Å²) in [6, 6.07) is 4.94. The average Bonchev–Trinajstić information content (AvgIpc) is 2.48. The van der Waals surface area contributed by atoms with Crippen LogP contribution in [-0.2, 0) is 16.0 Å². The van der Waals surface area contributed by atoms with Gasteiger partial charge < -0.3 is 14.7 Å². The normalized spacial score (nSPS) is 21.5. The molecule has 22 heavy (non-hydrogen) atoms. The summed E-state index contributed by atoms with van der Waals surface area (Å²) in [5.41, 5.74) is 1.85. The summed E-state index contributed by atoms with van der Waals surface area (Å²) in [5, 5.41) is 9.35. The molecule has 5 heteroatoms. The largest absolute Gasteiger partial charge is 0.496 e. The number of benzene rings is 1. The molecule has 1 fully saturated rings. The molecule has 1 aliphatic heterocycles. The molecular formula is C17H23NO4. The number of amides is 1. The minimum Gasteiger partial charge on any atom is -0.496 e. The monoisotopic (exact) mass is 305 g/mol. The van der Waals surface area contributed by atoms with E-state index < -0.39 is 12.0 Å². The first-order chi connectivity index (χ1) is 10.4. The van der Waals surface area contributed by atoms with Gasteiger partial charge >= 0.3 is 5.97 Å². The summed E-state index contributed by atoms with van der Waals surface area (Å²) in [6.07, 6.45) is 1.58. The van der Waals surface area contributed by atoms with Gasteiger partial charge in [0.15, 0.2) is 0 Å². The Balaban J connectivity index is 2.12. The van der Waals surface area contributed by atoms with E-state index in [4.69, 9.17) is 4.74 Å². The lowest BCUT2D eigenvalue weighted by Gasteiger charge is -2.36. The molecule has 2 unspecified atom stereocenters. The van der Waals surface area contributed by atoms with E-state index in [2.05, 4.69) is 0 Å². The summed E-state index contributed by atoms with van der Waals surface area (Å²) in [4.78, 5) is 25.4. The minimum atomic E-state index is -0.915. The van der Waals surface area contributed by atoms with Crippen molar-refractivity contribution in [2.45, 2.75) is 39.2 Å². The molecule has 0 spiro atoms. The van der Waals surface area contributed by atoms with Crippen molar-refractivity contribution in [3.63, 3.8) is 0 Å². The SMILES string of the molecule is COc1cc(CC(=O)N2CCC(C)CC2C(=O)O)ccc1C. The third-order valence-electron chi connectivity index (χ3n) is 4.30. The van der Waals surface area contributed by atoms with Crippen LogP contribution >= 0.6 is 0 Å². The maximum atomic E-state index is 12.5. The fourth-order valence-electron chi connectivity index (χ4n) is 2.92. The van der Waals surface area contributed by atoms with Crippen LogP contribution in [0, 0.1) is 12.8 Å². The van der Waals surface area contributed by atoms with Crippen LogP contribution in [0.2, 0.25) is 0 Å². The lowest BCUT2D eigenvalue weighted by Crippen LogP contribution is -2.50. The number of carboxylic acids is 1. The summed E-state index contributed by atoms with van der Waals surface area (Å²) >= 11 is 0. The van der Waals surface area contributed by atoms with Crippen molar-refractivity contribution < 1.29 is 19.4 Å². The number of carbonyl (C=O) groups excluding carboxylic acids is 1. The topological polar surface area (TPSA) is 66.8 Å². The van der Waals surface area contributed by atoms with Crippen molar-refractivity contribution in [3.8, 4) is 5.75 Å². The van der Waals surface area contributed by atoms with Crippen molar-refractivity contribution in [2.75, 3.05) is 13.7 Å². The second kappa shape index (κ2) is 6.81. The highest BCUT2D eigenvalue weighted by Gasteiger charge is 2.34. The zero-order valence-corrected chi connectivity index (χ0v) is 13.3. The summed E-state index contributed by atoms with van der Waals surface area (Å²) < 4.78 is 5.27. The van der Waals surface area contributed by atoms with E-state index in [1.54, 1.807) is 7.11 Å². The third-order valence-corrected chi connectivity index (χ3v) is 4.30. The Morgan fingerprint density at radius 2 is 2.14 bits per heavy atom. The zero-order valence-electron chi connectivity index (χ0n) is 13.3. The second-order valence-electron chi connectivity index (χ2n) is 6.05. The predicted octanol–water partition coefficient (Wildman–Crippen LogP) is 2.26. The van der Waals surface area contributed by atoms with Crippen molar-refractivity contribution in [3.05, 3.63) is 29.3 Å². The van der Waals surface area contributed by atoms with E-state index in [9.17, 15) is 14.7 Å². The Morgan fingerprint density at radius 1 is 1.41 bits per heavy atom. The van der Waals surface area contributed by atoms with E-state index in [0.29, 0.717) is 18.9 Å². The number of hydrogen-bond acceptors (Lipinski definition) is 3. The maximum absolute atomic E-state index is 12.5. The Hall–Kier alpha value is -2.04. The first-order valence-electron chi connectivity index (χ1n) is 7.58. The van der Waals surface area contributed by atoms with Crippen LogP contribution in [0.25, 0.3) is 0 Å². The molecule has 0 saturated carbocycles. The summed E-state index contributed by atoms with van der Waals surface area (Å²) in [5.74, 6) is 0.0311. The number of hydrogen-bond donors (Lipinski definition) is 1. The molecule has 120 valence electrons. The molecule has 0 aromatic heterocycles. The molecular weight excluding hydrogens is 282 g/mol. The lowest BCUT2D eigenvalue weighted by atomic mass is 9.92. The van der Waals surface area contributed by atoms with Crippen LogP contribution in [-0.4, -0.2) is 41.6 Å². The third kappa shape index (κ3) is 3.59. The van der Waals surface area contributed by atoms with Crippen molar-refractivity contribution >= 4 is 11.9 Å². The molecule has 0 radical (unpaired) electrons. The molecule has 5 nitrogen and oxygen atoms in total. The van der Waals surface area contributed by atoms with E-state index in [1.165, 1.54) is 4.90 Å². The molecule has 1 saturated heterocycles. The molecule has 1 amide bonds. The van der Waals surface area contributed by atoms with Gasteiger partial charge in [0.1, 0.15) is 11.8 Å². The minimum absolute atomic E-state index is 0.134. The van der Waals surface area contributed by atoms with Gasteiger partial charge in [-0.05, 0) is 42.9 Å². The van der Waals surface area contributed by atoms with Crippen molar-refractivity contribution in [2.24, 2.45) is 5.92 Å². The number of carbonyl (C=O) groups is 2. The second-order valence-corrected chi connectivity index (χ2v) is 6.05. The number of nitrogens with zero attached hydrogens (tertiary/aromatic N) is 1. The zero-order chi connectivity index (χ0) is 16.3. The Kier molecular flexibility index (Phi) is 5.06. The number of rotatable bonds is 4. The first kappa shape index (κ1) is 16.3. The van der Waals surface area contributed by atoms with E-state index in [0.717, 1.165) is 23.3 Å². The Bertz CT molecular complexity index is 570. The van der Waals surface area contributed by atoms with Gasteiger partial charge in [-0.2, -0.15) is 0 Å². The summed E-state index contributed by atoms with van der Waals surface area (Å²) in [7, 11) is 1.60. The smallest absolute Gasteiger partial charge is 0.326 e. The molecule has 1 N–H and O–H groups in total. The highest BCUT2D eigenvalue weighted by atomic mass is 16.5. The van der Waals surface area contributed by atoms with Crippen LogP contribution in [0.3, 0.4) is 0 Å². The van der Waals surface area contributed by atoms with Crippen molar-refractivity contribution in [1.29, 1.82) is 0 Å². The molecule has 2 rings (SSSR count). The van der Waals surface area contributed by atoms with E-state index in [-0.39, 0.29) is 12.3 Å².